The van der Waals surface area contributed by atoms with Crippen molar-refractivity contribution in [3.05, 3.63) is 108 Å². The number of para-hydroxylation sites is 3. The largest absolute Gasteiger partial charge is 0.292 e. The van der Waals surface area contributed by atoms with Crippen molar-refractivity contribution in [3.63, 3.8) is 0 Å². The Labute approximate surface area is 202 Å². The minimum Gasteiger partial charge on any atom is -0.292 e. The molecule has 5 rings (SSSR count). The predicted molar refractivity (Wildman–Crippen MR) is 145 cm³/mol. The molecule has 5 aromatic rings. The van der Waals surface area contributed by atoms with Gasteiger partial charge in [0.05, 0.1) is 16.7 Å². The van der Waals surface area contributed by atoms with E-state index in [4.69, 9.17) is 4.98 Å². The van der Waals surface area contributed by atoms with Crippen molar-refractivity contribution in [3.8, 4) is 28.2 Å². The zero-order chi connectivity index (χ0) is 23.8. The van der Waals surface area contributed by atoms with E-state index in [0.717, 1.165) is 22.4 Å². The first kappa shape index (κ1) is 22.2. The molecular weight excluding hydrogens is 412 g/mol. The molecule has 0 N–H and O–H groups in total. The highest BCUT2D eigenvalue weighted by atomic mass is 15.1. The van der Waals surface area contributed by atoms with Crippen LogP contribution >= 0.6 is 0 Å². The van der Waals surface area contributed by atoms with Gasteiger partial charge in [-0.1, -0.05) is 100 Å². The maximum Gasteiger partial charge on any atom is 0.145 e. The fraction of sp³-hybridized carbons (Fsp3) is 0.219. The first-order valence-electron chi connectivity index (χ1n) is 12.2. The van der Waals surface area contributed by atoms with Crippen LogP contribution in [0, 0.1) is 6.92 Å². The molecule has 0 saturated heterocycles. The number of fused-ring (bicyclic) bond motifs is 1. The van der Waals surface area contributed by atoms with Crippen LogP contribution in [-0.2, 0) is 0 Å². The van der Waals surface area contributed by atoms with Crippen LogP contribution in [0.2, 0.25) is 0 Å². The molecule has 0 radical (unpaired) electrons. The van der Waals surface area contributed by atoms with Gasteiger partial charge in [0.1, 0.15) is 5.82 Å². The van der Waals surface area contributed by atoms with Crippen LogP contribution in [0.15, 0.2) is 91.0 Å². The Kier molecular flexibility index (Phi) is 5.83. The summed E-state index contributed by atoms with van der Waals surface area (Å²) in [4.78, 5) is 5.19. The lowest BCUT2D eigenvalue weighted by Gasteiger charge is -2.22. The molecular formula is C32H32N2. The maximum atomic E-state index is 5.19. The molecule has 0 aliphatic heterocycles. The van der Waals surface area contributed by atoms with Gasteiger partial charge in [-0.2, -0.15) is 0 Å². The Bertz CT molecular complexity index is 1430. The van der Waals surface area contributed by atoms with E-state index >= 15 is 0 Å². The molecule has 0 atom stereocenters. The molecule has 34 heavy (non-hydrogen) atoms. The van der Waals surface area contributed by atoms with Crippen molar-refractivity contribution in [2.75, 3.05) is 0 Å². The summed E-state index contributed by atoms with van der Waals surface area (Å²) >= 11 is 0. The minimum absolute atomic E-state index is 0.403. The quantitative estimate of drug-likeness (QED) is 0.264. The number of aromatic nitrogens is 2. The molecule has 170 valence electrons. The van der Waals surface area contributed by atoms with Gasteiger partial charge in [-0.3, -0.25) is 4.57 Å². The Hall–Kier alpha value is -3.65. The number of imidazole rings is 1. The molecule has 0 aliphatic carbocycles. The zero-order valence-corrected chi connectivity index (χ0v) is 20.7. The molecule has 0 fully saturated rings. The summed E-state index contributed by atoms with van der Waals surface area (Å²) in [6.07, 6.45) is 0. The van der Waals surface area contributed by atoms with Crippen molar-refractivity contribution in [1.29, 1.82) is 0 Å². The fourth-order valence-electron chi connectivity index (χ4n) is 4.91. The van der Waals surface area contributed by atoms with Gasteiger partial charge in [0.2, 0.25) is 0 Å². The average molecular weight is 445 g/mol. The molecule has 2 nitrogen and oxygen atoms in total. The highest BCUT2D eigenvalue weighted by molar-refractivity contribution is 5.85. The van der Waals surface area contributed by atoms with Gasteiger partial charge in [-0.05, 0) is 64.8 Å². The highest BCUT2D eigenvalue weighted by Gasteiger charge is 2.22. The number of rotatable bonds is 5. The third-order valence-electron chi connectivity index (χ3n) is 6.71. The van der Waals surface area contributed by atoms with E-state index < -0.39 is 0 Å². The predicted octanol–water partition coefficient (Wildman–Crippen LogP) is 8.91. The molecule has 0 unspecified atom stereocenters. The van der Waals surface area contributed by atoms with E-state index in [9.17, 15) is 0 Å². The third kappa shape index (κ3) is 3.84. The van der Waals surface area contributed by atoms with Crippen molar-refractivity contribution in [1.82, 2.24) is 9.55 Å². The number of hydrogen-bond acceptors (Lipinski definition) is 1. The number of benzene rings is 4. The summed E-state index contributed by atoms with van der Waals surface area (Å²) in [5.74, 6) is 1.80. The summed E-state index contributed by atoms with van der Waals surface area (Å²) in [6, 6.07) is 32.6. The van der Waals surface area contributed by atoms with Gasteiger partial charge < -0.3 is 0 Å². The molecule has 2 heteroatoms. The monoisotopic (exact) mass is 444 g/mol. The summed E-state index contributed by atoms with van der Waals surface area (Å²) in [5.41, 5.74) is 11.0. The SMILES string of the molecule is Cc1ccc(-c2nc3ccccc3n2-c2c(C(C)C)cccc2C(C)C)cc1-c1ccccc1. The van der Waals surface area contributed by atoms with Gasteiger partial charge >= 0.3 is 0 Å². The van der Waals surface area contributed by atoms with Gasteiger partial charge in [0, 0.05) is 5.56 Å². The summed E-state index contributed by atoms with van der Waals surface area (Å²) in [7, 11) is 0. The summed E-state index contributed by atoms with van der Waals surface area (Å²) in [6.45, 7) is 11.3. The standard InChI is InChI=1S/C32H32N2/c1-21(2)26-14-11-15-27(22(3)4)31(26)34-30-17-10-9-16-29(30)33-32(34)25-19-18-23(5)28(20-25)24-12-7-6-8-13-24/h6-22H,1-5H3. The van der Waals surface area contributed by atoms with E-state index in [1.807, 2.05) is 0 Å². The van der Waals surface area contributed by atoms with Gasteiger partial charge in [0.25, 0.3) is 0 Å². The molecule has 1 aromatic heterocycles. The van der Waals surface area contributed by atoms with Crippen molar-refractivity contribution < 1.29 is 0 Å². The Morgan fingerprint density at radius 3 is 1.97 bits per heavy atom. The van der Waals surface area contributed by atoms with Gasteiger partial charge in [0.15, 0.2) is 0 Å². The number of hydrogen-bond donors (Lipinski definition) is 0. The van der Waals surface area contributed by atoms with Gasteiger partial charge in [-0.15, -0.1) is 0 Å². The topological polar surface area (TPSA) is 17.8 Å². The van der Waals surface area contributed by atoms with Crippen LogP contribution in [0.3, 0.4) is 0 Å². The molecule has 0 aliphatic rings. The van der Waals surface area contributed by atoms with Crippen LogP contribution in [0.1, 0.15) is 56.2 Å². The van der Waals surface area contributed by atoms with Crippen molar-refractivity contribution in [2.24, 2.45) is 0 Å². The van der Waals surface area contributed by atoms with E-state index in [2.05, 4.69) is 130 Å². The Morgan fingerprint density at radius 2 is 1.29 bits per heavy atom. The first-order chi connectivity index (χ1) is 16.5. The molecule has 0 bridgehead atoms. The minimum atomic E-state index is 0.403. The van der Waals surface area contributed by atoms with Crippen LogP contribution < -0.4 is 0 Å². The molecule has 0 amide bonds. The highest BCUT2D eigenvalue weighted by Crippen LogP contribution is 2.38. The lowest BCUT2D eigenvalue weighted by Crippen LogP contribution is -2.08. The second-order valence-electron chi connectivity index (χ2n) is 9.75. The Morgan fingerprint density at radius 1 is 0.647 bits per heavy atom. The molecule has 0 spiro atoms. The molecule has 1 heterocycles. The second-order valence-corrected chi connectivity index (χ2v) is 9.75. The lowest BCUT2D eigenvalue weighted by molar-refractivity contribution is 0.811. The zero-order valence-electron chi connectivity index (χ0n) is 20.7. The normalized spacial score (nSPS) is 11.6. The smallest absolute Gasteiger partial charge is 0.145 e. The lowest BCUT2D eigenvalue weighted by atomic mass is 9.92. The van der Waals surface area contributed by atoms with Crippen LogP contribution in [-0.4, -0.2) is 9.55 Å². The van der Waals surface area contributed by atoms with Crippen LogP contribution in [0.4, 0.5) is 0 Å². The number of aryl methyl sites for hydroxylation is 1. The summed E-state index contributed by atoms with van der Waals surface area (Å²) < 4.78 is 2.40. The second kappa shape index (κ2) is 8.95. The fourth-order valence-corrected chi connectivity index (χ4v) is 4.91. The van der Waals surface area contributed by atoms with Gasteiger partial charge in [-0.25, -0.2) is 4.98 Å². The van der Waals surface area contributed by atoms with E-state index in [1.54, 1.807) is 0 Å². The van der Waals surface area contributed by atoms with Crippen molar-refractivity contribution in [2.45, 2.75) is 46.5 Å². The van der Waals surface area contributed by atoms with Crippen molar-refractivity contribution >= 4 is 11.0 Å². The van der Waals surface area contributed by atoms with Crippen LogP contribution in [0.5, 0.6) is 0 Å². The van der Waals surface area contributed by atoms with E-state index in [-0.39, 0.29) is 0 Å². The van der Waals surface area contributed by atoms with E-state index in [1.165, 1.54) is 33.5 Å². The molecule has 4 aromatic carbocycles. The average Bonchev–Trinajstić information content (AvgIpc) is 3.23. The van der Waals surface area contributed by atoms with E-state index in [0.29, 0.717) is 11.8 Å². The van der Waals surface area contributed by atoms with Crippen LogP contribution in [0.25, 0.3) is 39.2 Å². The number of nitrogens with zero attached hydrogens (tertiary/aromatic N) is 2. The summed E-state index contributed by atoms with van der Waals surface area (Å²) in [5, 5.41) is 0. The molecule has 0 saturated carbocycles. The first-order valence-corrected chi connectivity index (χ1v) is 12.2. The third-order valence-corrected chi connectivity index (χ3v) is 6.71. The maximum absolute atomic E-state index is 5.19. The Balaban J connectivity index is 1.85.